The molecule has 1 atom stereocenters. The lowest BCUT2D eigenvalue weighted by Crippen LogP contribution is -2.45. The molecule has 2 amide bonds. The Bertz CT molecular complexity index is 783. The van der Waals surface area contributed by atoms with Crippen molar-refractivity contribution in [2.75, 3.05) is 19.6 Å². The van der Waals surface area contributed by atoms with Crippen LogP contribution in [0.2, 0.25) is 0 Å². The average molecular weight is 356 g/mol. The van der Waals surface area contributed by atoms with E-state index in [0.717, 1.165) is 49.2 Å². The second-order valence-electron chi connectivity index (χ2n) is 6.98. The van der Waals surface area contributed by atoms with Gasteiger partial charge in [0.15, 0.2) is 0 Å². The molecule has 1 aromatic carbocycles. The second-order valence-corrected chi connectivity index (χ2v) is 6.98. The van der Waals surface area contributed by atoms with Crippen molar-refractivity contribution in [2.24, 2.45) is 5.92 Å². The first-order chi connectivity index (χ1) is 12.6. The number of benzene rings is 1. The molecular formula is C20H28N4O2. The summed E-state index contributed by atoms with van der Waals surface area (Å²) in [5.74, 6) is 1.14. The van der Waals surface area contributed by atoms with E-state index in [1.165, 1.54) is 0 Å². The summed E-state index contributed by atoms with van der Waals surface area (Å²) in [7, 11) is 0. The molecule has 140 valence electrons. The number of aromatic nitrogens is 2. The number of imidazole rings is 1. The zero-order valence-corrected chi connectivity index (χ0v) is 15.7. The highest BCUT2D eigenvalue weighted by atomic mass is 16.2. The Morgan fingerprint density at radius 3 is 2.92 bits per heavy atom. The van der Waals surface area contributed by atoms with Gasteiger partial charge in [0.1, 0.15) is 5.82 Å². The average Bonchev–Trinajstić information content (AvgIpc) is 2.99. The van der Waals surface area contributed by atoms with Gasteiger partial charge in [0.2, 0.25) is 11.8 Å². The van der Waals surface area contributed by atoms with E-state index in [1.54, 1.807) is 0 Å². The van der Waals surface area contributed by atoms with Crippen LogP contribution in [0.5, 0.6) is 0 Å². The molecule has 6 heteroatoms. The Labute approximate surface area is 154 Å². The SMILES string of the molecule is CCC(=O)N1CCCC(C(=O)NCCCn2c(C)nc3ccccc32)C1. The summed E-state index contributed by atoms with van der Waals surface area (Å²) in [6.45, 7) is 6.70. The highest BCUT2D eigenvalue weighted by Gasteiger charge is 2.27. The van der Waals surface area contributed by atoms with Crippen LogP contribution < -0.4 is 5.32 Å². The molecule has 1 N–H and O–H groups in total. The van der Waals surface area contributed by atoms with Crippen molar-refractivity contribution in [3.8, 4) is 0 Å². The molecule has 0 spiro atoms. The summed E-state index contributed by atoms with van der Waals surface area (Å²) in [5, 5.41) is 3.05. The first-order valence-corrected chi connectivity index (χ1v) is 9.57. The molecule has 1 aliphatic heterocycles. The summed E-state index contributed by atoms with van der Waals surface area (Å²) in [6.07, 6.45) is 3.14. The number of rotatable bonds is 6. The van der Waals surface area contributed by atoms with Crippen LogP contribution in [0.15, 0.2) is 24.3 Å². The van der Waals surface area contributed by atoms with Gasteiger partial charge < -0.3 is 14.8 Å². The number of amides is 2. The monoisotopic (exact) mass is 356 g/mol. The van der Waals surface area contributed by atoms with E-state index >= 15 is 0 Å². The van der Waals surface area contributed by atoms with Crippen LogP contribution in [0, 0.1) is 12.8 Å². The fraction of sp³-hybridized carbons (Fsp3) is 0.550. The molecule has 0 bridgehead atoms. The van der Waals surface area contributed by atoms with Crippen LogP contribution >= 0.6 is 0 Å². The van der Waals surface area contributed by atoms with Crippen molar-refractivity contribution in [1.29, 1.82) is 0 Å². The molecule has 0 aliphatic carbocycles. The van der Waals surface area contributed by atoms with Gasteiger partial charge in [0, 0.05) is 32.6 Å². The normalized spacial score (nSPS) is 17.5. The van der Waals surface area contributed by atoms with Crippen molar-refractivity contribution in [3.63, 3.8) is 0 Å². The van der Waals surface area contributed by atoms with E-state index in [9.17, 15) is 9.59 Å². The Morgan fingerprint density at radius 1 is 1.31 bits per heavy atom. The summed E-state index contributed by atoms with van der Waals surface area (Å²) in [6, 6.07) is 8.12. The highest BCUT2D eigenvalue weighted by Crippen LogP contribution is 2.18. The molecule has 0 radical (unpaired) electrons. The van der Waals surface area contributed by atoms with Gasteiger partial charge in [-0.1, -0.05) is 19.1 Å². The van der Waals surface area contributed by atoms with Crippen LogP contribution in [-0.2, 0) is 16.1 Å². The third-order valence-electron chi connectivity index (χ3n) is 5.15. The van der Waals surface area contributed by atoms with Crippen molar-refractivity contribution < 1.29 is 9.59 Å². The Morgan fingerprint density at radius 2 is 2.12 bits per heavy atom. The van der Waals surface area contributed by atoms with Crippen molar-refractivity contribution >= 4 is 22.8 Å². The molecule has 1 fully saturated rings. The summed E-state index contributed by atoms with van der Waals surface area (Å²) in [4.78, 5) is 30.7. The second kappa shape index (κ2) is 8.34. The van der Waals surface area contributed by atoms with Crippen LogP contribution in [0.1, 0.15) is 38.4 Å². The predicted molar refractivity (Wildman–Crippen MR) is 102 cm³/mol. The number of hydrogen-bond donors (Lipinski definition) is 1. The number of carbonyl (C=O) groups is 2. The van der Waals surface area contributed by atoms with E-state index in [2.05, 4.69) is 20.9 Å². The fourth-order valence-corrected chi connectivity index (χ4v) is 3.71. The number of likely N-dealkylation sites (tertiary alicyclic amines) is 1. The molecular weight excluding hydrogens is 328 g/mol. The van der Waals surface area contributed by atoms with Gasteiger partial charge >= 0.3 is 0 Å². The lowest BCUT2D eigenvalue weighted by Gasteiger charge is -2.31. The van der Waals surface area contributed by atoms with E-state index in [0.29, 0.717) is 19.5 Å². The molecule has 1 saturated heterocycles. The molecule has 1 aliphatic rings. The zero-order chi connectivity index (χ0) is 18.5. The number of hydrogen-bond acceptors (Lipinski definition) is 3. The molecule has 0 saturated carbocycles. The Kier molecular flexibility index (Phi) is 5.91. The quantitative estimate of drug-likeness (QED) is 0.809. The summed E-state index contributed by atoms with van der Waals surface area (Å²) in [5.41, 5.74) is 2.15. The number of fused-ring (bicyclic) bond motifs is 1. The molecule has 1 unspecified atom stereocenters. The molecule has 26 heavy (non-hydrogen) atoms. The van der Waals surface area contributed by atoms with Gasteiger partial charge in [-0.25, -0.2) is 4.98 Å². The lowest BCUT2D eigenvalue weighted by atomic mass is 9.97. The van der Waals surface area contributed by atoms with Crippen LogP contribution in [0.3, 0.4) is 0 Å². The maximum Gasteiger partial charge on any atom is 0.224 e. The zero-order valence-electron chi connectivity index (χ0n) is 15.7. The minimum atomic E-state index is -0.0740. The summed E-state index contributed by atoms with van der Waals surface area (Å²) < 4.78 is 2.20. The predicted octanol–water partition coefficient (Wildman–Crippen LogP) is 2.50. The standard InChI is InChI=1S/C20H28N4O2/c1-3-19(25)23-12-6-8-16(14-23)20(26)21-11-7-13-24-15(2)22-17-9-4-5-10-18(17)24/h4-5,9-10,16H,3,6-8,11-14H2,1-2H3,(H,21,26). The van der Waals surface area contributed by atoms with Gasteiger partial charge in [-0.05, 0) is 38.3 Å². The minimum absolute atomic E-state index is 0.0740. The molecule has 3 rings (SSSR count). The Hall–Kier alpha value is -2.37. The largest absolute Gasteiger partial charge is 0.356 e. The van der Waals surface area contributed by atoms with Crippen molar-refractivity contribution in [2.45, 2.75) is 46.1 Å². The van der Waals surface area contributed by atoms with E-state index in [-0.39, 0.29) is 17.7 Å². The van der Waals surface area contributed by atoms with Gasteiger partial charge in [0.05, 0.1) is 17.0 Å². The van der Waals surface area contributed by atoms with Gasteiger partial charge in [-0.2, -0.15) is 0 Å². The fourth-order valence-electron chi connectivity index (χ4n) is 3.71. The minimum Gasteiger partial charge on any atom is -0.356 e. The first kappa shape index (κ1) is 18.4. The van der Waals surface area contributed by atoms with E-state index < -0.39 is 0 Å². The smallest absolute Gasteiger partial charge is 0.224 e. The number of aryl methyl sites for hydroxylation is 2. The van der Waals surface area contributed by atoms with Crippen molar-refractivity contribution in [1.82, 2.24) is 19.8 Å². The van der Waals surface area contributed by atoms with Gasteiger partial charge in [-0.15, -0.1) is 0 Å². The third-order valence-corrected chi connectivity index (χ3v) is 5.15. The number of nitrogens with zero attached hydrogens (tertiary/aromatic N) is 3. The lowest BCUT2D eigenvalue weighted by molar-refractivity contribution is -0.135. The van der Waals surface area contributed by atoms with Crippen molar-refractivity contribution in [3.05, 3.63) is 30.1 Å². The molecule has 1 aromatic heterocycles. The third kappa shape index (κ3) is 4.06. The number of para-hydroxylation sites is 2. The van der Waals surface area contributed by atoms with E-state index in [4.69, 9.17) is 0 Å². The maximum atomic E-state index is 12.4. The molecule has 2 heterocycles. The Balaban J connectivity index is 1.48. The number of piperidine rings is 1. The van der Waals surface area contributed by atoms with Crippen LogP contribution in [-0.4, -0.2) is 45.9 Å². The summed E-state index contributed by atoms with van der Waals surface area (Å²) >= 11 is 0. The number of carbonyl (C=O) groups excluding carboxylic acids is 2. The molecule has 6 nitrogen and oxygen atoms in total. The topological polar surface area (TPSA) is 67.2 Å². The van der Waals surface area contributed by atoms with Crippen LogP contribution in [0.25, 0.3) is 11.0 Å². The first-order valence-electron chi connectivity index (χ1n) is 9.57. The van der Waals surface area contributed by atoms with Gasteiger partial charge in [-0.3, -0.25) is 9.59 Å². The van der Waals surface area contributed by atoms with Gasteiger partial charge in [0.25, 0.3) is 0 Å². The highest BCUT2D eigenvalue weighted by molar-refractivity contribution is 5.81. The number of nitrogens with one attached hydrogen (secondary N) is 1. The van der Waals surface area contributed by atoms with Crippen LogP contribution in [0.4, 0.5) is 0 Å². The van der Waals surface area contributed by atoms with E-state index in [1.807, 2.05) is 36.9 Å². The maximum absolute atomic E-state index is 12.4. The molecule has 2 aromatic rings.